The molecule has 0 fully saturated rings. The van der Waals surface area contributed by atoms with E-state index in [2.05, 4.69) is 17.1 Å². The Morgan fingerprint density at radius 3 is 2.60 bits per heavy atom. The number of hydrogen-bond donors (Lipinski definition) is 1. The molecule has 1 N–H and O–H groups in total. The Labute approximate surface area is 120 Å². The molecular weight excluding hydrogens is 250 g/mol. The lowest BCUT2D eigenvalue weighted by molar-refractivity contribution is -0.117. The first-order valence-electron chi connectivity index (χ1n) is 6.97. The average Bonchev–Trinajstić information content (AvgIpc) is 2.37. The van der Waals surface area contributed by atoms with Gasteiger partial charge in [-0.1, -0.05) is 44.2 Å². The van der Waals surface area contributed by atoms with Crippen molar-refractivity contribution in [1.82, 2.24) is 0 Å². The second-order valence-electron chi connectivity index (χ2n) is 6.07. The topological polar surface area (TPSA) is 49.7 Å². The van der Waals surface area contributed by atoms with E-state index < -0.39 is 0 Å². The predicted molar refractivity (Wildman–Crippen MR) is 81.2 cm³/mol. The van der Waals surface area contributed by atoms with Gasteiger partial charge in [-0.05, 0) is 17.4 Å². The highest BCUT2D eigenvalue weighted by Gasteiger charge is 2.32. The quantitative estimate of drug-likeness (QED) is 0.852. The summed E-state index contributed by atoms with van der Waals surface area (Å²) in [7, 11) is 0. The summed E-state index contributed by atoms with van der Waals surface area (Å²) >= 11 is 0. The largest absolute Gasteiger partial charge is 0.511 e. The third-order valence-corrected chi connectivity index (χ3v) is 3.49. The standard InChI is InChI=1S/C17H21NO2/c1-17(2)10-15(19)14(16(20)11-17)12-18-9-8-13-6-4-3-5-7-13/h3-7,12,19H,8-11H2,1-2H3. The highest BCUT2D eigenvalue weighted by Crippen LogP contribution is 2.35. The molecule has 20 heavy (non-hydrogen) atoms. The molecule has 1 aromatic carbocycles. The minimum Gasteiger partial charge on any atom is -0.511 e. The van der Waals surface area contributed by atoms with Crippen LogP contribution in [0, 0.1) is 5.41 Å². The molecule has 3 heteroatoms. The number of hydrogen-bond acceptors (Lipinski definition) is 3. The van der Waals surface area contributed by atoms with E-state index in [1.165, 1.54) is 11.8 Å². The van der Waals surface area contributed by atoms with E-state index in [0.29, 0.717) is 25.0 Å². The first kappa shape index (κ1) is 14.5. The van der Waals surface area contributed by atoms with Crippen LogP contribution in [0.25, 0.3) is 0 Å². The van der Waals surface area contributed by atoms with Crippen molar-refractivity contribution >= 4 is 12.0 Å². The maximum absolute atomic E-state index is 12.0. The molecule has 0 saturated heterocycles. The second-order valence-corrected chi connectivity index (χ2v) is 6.07. The number of Topliss-reactive ketones (excluding diaryl/α,β-unsaturated/α-hetero) is 1. The van der Waals surface area contributed by atoms with Gasteiger partial charge in [-0.3, -0.25) is 9.79 Å². The average molecular weight is 271 g/mol. The Bertz CT molecular complexity index is 541. The van der Waals surface area contributed by atoms with Crippen molar-refractivity contribution in [2.24, 2.45) is 10.4 Å². The highest BCUT2D eigenvalue weighted by atomic mass is 16.3. The van der Waals surface area contributed by atoms with Crippen LogP contribution < -0.4 is 0 Å². The minimum atomic E-state index is -0.150. The molecule has 0 unspecified atom stereocenters. The summed E-state index contributed by atoms with van der Waals surface area (Å²) in [6.07, 6.45) is 3.39. The summed E-state index contributed by atoms with van der Waals surface area (Å²) < 4.78 is 0. The predicted octanol–water partition coefficient (Wildman–Crippen LogP) is 3.50. The lowest BCUT2D eigenvalue weighted by Crippen LogP contribution is -2.26. The van der Waals surface area contributed by atoms with Crippen LogP contribution in [0.5, 0.6) is 0 Å². The van der Waals surface area contributed by atoms with E-state index in [9.17, 15) is 9.90 Å². The molecule has 1 aromatic rings. The fourth-order valence-electron chi connectivity index (χ4n) is 2.44. The Balaban J connectivity index is 1.96. The lowest BCUT2D eigenvalue weighted by Gasteiger charge is -2.28. The molecule has 0 amide bonds. The molecule has 0 saturated carbocycles. The Morgan fingerprint density at radius 1 is 1.25 bits per heavy atom. The number of rotatable bonds is 4. The van der Waals surface area contributed by atoms with E-state index in [4.69, 9.17) is 0 Å². The van der Waals surface area contributed by atoms with Gasteiger partial charge in [-0.2, -0.15) is 0 Å². The maximum atomic E-state index is 12.0. The van der Waals surface area contributed by atoms with Crippen molar-refractivity contribution in [3.8, 4) is 0 Å². The van der Waals surface area contributed by atoms with Crippen molar-refractivity contribution in [2.45, 2.75) is 33.1 Å². The van der Waals surface area contributed by atoms with E-state index in [-0.39, 0.29) is 17.0 Å². The number of nitrogens with zero attached hydrogens (tertiary/aromatic N) is 1. The molecule has 1 aliphatic rings. The zero-order valence-corrected chi connectivity index (χ0v) is 12.1. The number of benzene rings is 1. The summed E-state index contributed by atoms with van der Waals surface area (Å²) in [5.74, 6) is 0.164. The van der Waals surface area contributed by atoms with Crippen molar-refractivity contribution in [1.29, 1.82) is 0 Å². The maximum Gasteiger partial charge on any atom is 0.168 e. The number of allylic oxidation sites excluding steroid dienone is 2. The molecule has 2 rings (SSSR count). The molecule has 0 atom stereocenters. The Hall–Kier alpha value is -1.90. The van der Waals surface area contributed by atoms with Gasteiger partial charge >= 0.3 is 0 Å². The lowest BCUT2D eigenvalue weighted by atomic mass is 9.77. The number of aliphatic hydroxyl groups is 1. The molecular formula is C17H21NO2. The van der Waals surface area contributed by atoms with Gasteiger partial charge in [-0.15, -0.1) is 0 Å². The number of carbonyl (C=O) groups excluding carboxylic acids is 1. The Morgan fingerprint density at radius 2 is 1.95 bits per heavy atom. The third-order valence-electron chi connectivity index (χ3n) is 3.49. The van der Waals surface area contributed by atoms with Crippen LogP contribution in [0.15, 0.2) is 46.7 Å². The van der Waals surface area contributed by atoms with Crippen LogP contribution in [0.4, 0.5) is 0 Å². The van der Waals surface area contributed by atoms with Crippen LogP contribution in [-0.2, 0) is 11.2 Å². The van der Waals surface area contributed by atoms with Gasteiger partial charge in [-0.25, -0.2) is 0 Å². The van der Waals surface area contributed by atoms with Crippen molar-refractivity contribution in [3.05, 3.63) is 47.2 Å². The molecule has 1 aliphatic carbocycles. The van der Waals surface area contributed by atoms with Gasteiger partial charge in [0.25, 0.3) is 0 Å². The van der Waals surface area contributed by atoms with Crippen molar-refractivity contribution in [2.75, 3.05) is 6.54 Å². The summed E-state index contributed by atoms with van der Waals surface area (Å²) in [6.45, 7) is 4.60. The van der Waals surface area contributed by atoms with Crippen LogP contribution in [0.2, 0.25) is 0 Å². The van der Waals surface area contributed by atoms with Crippen LogP contribution in [0.3, 0.4) is 0 Å². The van der Waals surface area contributed by atoms with E-state index in [0.717, 1.165) is 6.42 Å². The smallest absolute Gasteiger partial charge is 0.168 e. The molecule has 0 spiro atoms. The minimum absolute atomic E-state index is 0.0118. The van der Waals surface area contributed by atoms with Gasteiger partial charge in [0.15, 0.2) is 5.78 Å². The molecule has 0 aromatic heterocycles. The third kappa shape index (κ3) is 3.80. The van der Waals surface area contributed by atoms with Crippen LogP contribution in [0.1, 0.15) is 32.3 Å². The van der Waals surface area contributed by atoms with Gasteiger partial charge in [0, 0.05) is 25.6 Å². The van der Waals surface area contributed by atoms with E-state index in [1.807, 2.05) is 32.0 Å². The molecule has 3 nitrogen and oxygen atoms in total. The number of aliphatic imine (C=N–C) groups is 1. The van der Waals surface area contributed by atoms with E-state index in [1.54, 1.807) is 0 Å². The number of carbonyl (C=O) groups is 1. The molecule has 0 aliphatic heterocycles. The Kier molecular flexibility index (Phi) is 4.38. The zero-order valence-electron chi connectivity index (χ0n) is 12.1. The summed E-state index contributed by atoms with van der Waals surface area (Å²) in [5, 5.41) is 9.96. The number of aliphatic hydroxyl groups excluding tert-OH is 1. The van der Waals surface area contributed by atoms with Gasteiger partial charge in [0.1, 0.15) is 5.76 Å². The fraction of sp³-hybridized carbons (Fsp3) is 0.412. The molecule has 106 valence electrons. The van der Waals surface area contributed by atoms with Gasteiger partial charge in [0.2, 0.25) is 0 Å². The zero-order chi connectivity index (χ0) is 14.6. The normalized spacial score (nSPS) is 18.8. The summed E-state index contributed by atoms with van der Waals surface area (Å²) in [4.78, 5) is 16.3. The first-order chi connectivity index (χ1) is 9.48. The van der Waals surface area contributed by atoms with Crippen molar-refractivity contribution in [3.63, 3.8) is 0 Å². The summed E-state index contributed by atoms with van der Waals surface area (Å²) in [5.41, 5.74) is 1.46. The van der Waals surface area contributed by atoms with Crippen LogP contribution in [-0.4, -0.2) is 23.6 Å². The van der Waals surface area contributed by atoms with Crippen molar-refractivity contribution < 1.29 is 9.90 Å². The van der Waals surface area contributed by atoms with E-state index >= 15 is 0 Å². The van der Waals surface area contributed by atoms with Crippen LogP contribution >= 0.6 is 0 Å². The fourth-order valence-corrected chi connectivity index (χ4v) is 2.44. The molecule has 0 bridgehead atoms. The number of ketones is 1. The first-order valence-corrected chi connectivity index (χ1v) is 6.97. The highest BCUT2D eigenvalue weighted by molar-refractivity contribution is 6.14. The SMILES string of the molecule is CC1(C)CC(=O)C(C=NCCc2ccccc2)=C(O)C1. The molecule has 0 heterocycles. The molecule has 0 radical (unpaired) electrons. The summed E-state index contributed by atoms with van der Waals surface area (Å²) in [6, 6.07) is 10.1. The second kappa shape index (κ2) is 6.04. The monoisotopic (exact) mass is 271 g/mol. The van der Waals surface area contributed by atoms with Gasteiger partial charge in [0.05, 0.1) is 5.57 Å². The van der Waals surface area contributed by atoms with Gasteiger partial charge < -0.3 is 5.11 Å².